The van der Waals surface area contributed by atoms with Crippen molar-refractivity contribution in [3.05, 3.63) is 32.7 Å². The third-order valence-electron chi connectivity index (χ3n) is 3.68. The van der Waals surface area contributed by atoms with Crippen molar-refractivity contribution in [1.29, 1.82) is 0 Å². The molecule has 1 atom stereocenters. The number of urea groups is 1. The van der Waals surface area contributed by atoms with Crippen molar-refractivity contribution in [2.24, 2.45) is 0 Å². The van der Waals surface area contributed by atoms with Crippen LogP contribution >= 0.6 is 31.9 Å². The Bertz CT molecular complexity index is 579. The highest BCUT2D eigenvalue weighted by Crippen LogP contribution is 2.24. The SMILES string of the molecule is O=C(c1ccc(Br)cc1Br)N1CCN2C(=O)NCC2C1. The zero-order chi connectivity index (χ0) is 14.3. The average Bonchev–Trinajstić information content (AvgIpc) is 2.79. The van der Waals surface area contributed by atoms with Gasteiger partial charge in [-0.25, -0.2) is 4.79 Å². The van der Waals surface area contributed by atoms with E-state index in [1.54, 1.807) is 11.0 Å². The van der Waals surface area contributed by atoms with Gasteiger partial charge in [0.15, 0.2) is 0 Å². The molecule has 1 N–H and O–H groups in total. The van der Waals surface area contributed by atoms with Crippen molar-refractivity contribution < 1.29 is 9.59 Å². The van der Waals surface area contributed by atoms with Crippen molar-refractivity contribution in [2.75, 3.05) is 26.2 Å². The first-order valence-corrected chi connectivity index (χ1v) is 7.93. The standard InChI is InChI=1S/C13H13Br2N3O2/c14-8-1-2-10(11(15)5-8)12(19)17-3-4-18-9(7-17)6-16-13(18)20/h1-2,5,9H,3-4,6-7H2,(H,16,20). The van der Waals surface area contributed by atoms with Gasteiger partial charge in [0.2, 0.25) is 0 Å². The number of hydrogen-bond donors (Lipinski definition) is 1. The van der Waals surface area contributed by atoms with E-state index in [4.69, 9.17) is 0 Å². The smallest absolute Gasteiger partial charge is 0.317 e. The Hall–Kier alpha value is -1.08. The van der Waals surface area contributed by atoms with E-state index in [0.717, 1.165) is 8.95 Å². The molecule has 1 unspecified atom stereocenters. The molecule has 2 saturated heterocycles. The summed E-state index contributed by atoms with van der Waals surface area (Å²) >= 11 is 6.80. The number of carbonyl (C=O) groups is 2. The molecule has 2 heterocycles. The number of rotatable bonds is 1. The second-order valence-electron chi connectivity index (χ2n) is 4.91. The summed E-state index contributed by atoms with van der Waals surface area (Å²) in [5.74, 6) is 0.00312. The van der Waals surface area contributed by atoms with Crippen LogP contribution in [0.2, 0.25) is 0 Å². The maximum Gasteiger partial charge on any atom is 0.317 e. The minimum atomic E-state index is -0.0214. The lowest BCUT2D eigenvalue weighted by Crippen LogP contribution is -2.53. The topological polar surface area (TPSA) is 52.7 Å². The highest BCUT2D eigenvalue weighted by molar-refractivity contribution is 9.11. The highest BCUT2D eigenvalue weighted by Gasteiger charge is 2.37. The van der Waals surface area contributed by atoms with Crippen LogP contribution in [0.1, 0.15) is 10.4 Å². The average molecular weight is 403 g/mol. The summed E-state index contributed by atoms with van der Waals surface area (Å²) in [6.07, 6.45) is 0. The van der Waals surface area contributed by atoms with Gasteiger partial charge in [0.25, 0.3) is 5.91 Å². The lowest BCUT2D eigenvalue weighted by atomic mass is 10.1. The molecule has 5 nitrogen and oxygen atoms in total. The molecule has 1 aromatic carbocycles. The van der Waals surface area contributed by atoms with E-state index in [9.17, 15) is 9.59 Å². The molecule has 7 heteroatoms. The third kappa shape index (κ3) is 2.44. The van der Waals surface area contributed by atoms with Gasteiger partial charge in [-0.2, -0.15) is 0 Å². The highest BCUT2D eigenvalue weighted by atomic mass is 79.9. The van der Waals surface area contributed by atoms with Crippen LogP contribution in [-0.2, 0) is 0 Å². The Morgan fingerprint density at radius 3 is 2.85 bits per heavy atom. The van der Waals surface area contributed by atoms with Gasteiger partial charge in [-0.15, -0.1) is 0 Å². The van der Waals surface area contributed by atoms with Crippen LogP contribution in [0.25, 0.3) is 0 Å². The maximum atomic E-state index is 12.6. The number of fused-ring (bicyclic) bond motifs is 1. The molecule has 0 saturated carbocycles. The van der Waals surface area contributed by atoms with E-state index in [-0.39, 0.29) is 18.0 Å². The minimum Gasteiger partial charge on any atom is -0.336 e. The first-order chi connectivity index (χ1) is 9.56. The molecule has 106 valence electrons. The number of nitrogens with zero attached hydrogens (tertiary/aromatic N) is 2. The molecule has 2 aliphatic rings. The van der Waals surface area contributed by atoms with Crippen molar-refractivity contribution in [1.82, 2.24) is 15.1 Å². The predicted molar refractivity (Wildman–Crippen MR) is 81.6 cm³/mol. The molecule has 3 amide bonds. The number of benzene rings is 1. The fourth-order valence-electron chi connectivity index (χ4n) is 2.62. The molecule has 1 aromatic rings. The second-order valence-corrected chi connectivity index (χ2v) is 6.68. The van der Waals surface area contributed by atoms with Crippen LogP contribution in [0.5, 0.6) is 0 Å². The Kier molecular flexibility index (Phi) is 3.72. The Balaban J connectivity index is 1.77. The fourth-order valence-corrected chi connectivity index (χ4v) is 3.84. The van der Waals surface area contributed by atoms with E-state index in [1.807, 2.05) is 17.0 Å². The monoisotopic (exact) mass is 401 g/mol. The summed E-state index contributed by atoms with van der Waals surface area (Å²) in [5.41, 5.74) is 0.652. The molecule has 2 aliphatic heterocycles. The number of halogens is 2. The zero-order valence-corrected chi connectivity index (χ0v) is 13.8. The normalized spacial score (nSPS) is 21.7. The van der Waals surface area contributed by atoms with Crippen molar-refractivity contribution >= 4 is 43.8 Å². The Morgan fingerprint density at radius 1 is 1.30 bits per heavy atom. The van der Waals surface area contributed by atoms with Gasteiger partial charge < -0.3 is 15.1 Å². The number of nitrogens with one attached hydrogen (secondary N) is 1. The molecule has 0 aromatic heterocycles. The summed E-state index contributed by atoms with van der Waals surface area (Å²) in [6, 6.07) is 5.60. The van der Waals surface area contributed by atoms with E-state index in [1.165, 1.54) is 0 Å². The van der Waals surface area contributed by atoms with Crippen LogP contribution in [0.3, 0.4) is 0 Å². The van der Waals surface area contributed by atoms with Gasteiger partial charge in [0, 0.05) is 35.1 Å². The lowest BCUT2D eigenvalue weighted by molar-refractivity contribution is 0.0616. The van der Waals surface area contributed by atoms with Gasteiger partial charge >= 0.3 is 6.03 Å². The van der Waals surface area contributed by atoms with Crippen LogP contribution < -0.4 is 5.32 Å². The molecule has 2 fully saturated rings. The summed E-state index contributed by atoms with van der Waals surface area (Å²) in [5, 5.41) is 2.81. The van der Waals surface area contributed by atoms with E-state index in [2.05, 4.69) is 37.2 Å². The van der Waals surface area contributed by atoms with E-state index in [0.29, 0.717) is 31.7 Å². The van der Waals surface area contributed by atoms with Gasteiger partial charge in [0.1, 0.15) is 0 Å². The van der Waals surface area contributed by atoms with E-state index >= 15 is 0 Å². The number of amides is 3. The van der Waals surface area contributed by atoms with Gasteiger partial charge in [0.05, 0.1) is 11.6 Å². The largest absolute Gasteiger partial charge is 0.336 e. The molecule has 0 radical (unpaired) electrons. The minimum absolute atomic E-state index is 0.00312. The zero-order valence-electron chi connectivity index (χ0n) is 10.6. The van der Waals surface area contributed by atoms with Gasteiger partial charge in [-0.1, -0.05) is 15.9 Å². The van der Waals surface area contributed by atoms with Crippen LogP contribution in [-0.4, -0.2) is 54.0 Å². The fraction of sp³-hybridized carbons (Fsp3) is 0.385. The first-order valence-electron chi connectivity index (χ1n) is 6.35. The molecule has 0 bridgehead atoms. The summed E-state index contributed by atoms with van der Waals surface area (Å²) in [6.45, 7) is 2.37. The number of carbonyl (C=O) groups excluding carboxylic acids is 2. The molecular formula is C13H13Br2N3O2. The second kappa shape index (κ2) is 5.37. The number of hydrogen-bond acceptors (Lipinski definition) is 2. The molecule has 0 aliphatic carbocycles. The molecule has 20 heavy (non-hydrogen) atoms. The molecule has 3 rings (SSSR count). The van der Waals surface area contributed by atoms with Crippen molar-refractivity contribution in [3.8, 4) is 0 Å². The summed E-state index contributed by atoms with van der Waals surface area (Å²) in [7, 11) is 0. The van der Waals surface area contributed by atoms with Crippen LogP contribution in [0.4, 0.5) is 4.79 Å². The third-order valence-corrected chi connectivity index (χ3v) is 4.83. The summed E-state index contributed by atoms with van der Waals surface area (Å²) < 4.78 is 1.70. The molecule has 0 spiro atoms. The van der Waals surface area contributed by atoms with Crippen molar-refractivity contribution in [2.45, 2.75) is 6.04 Å². The van der Waals surface area contributed by atoms with Crippen LogP contribution in [0.15, 0.2) is 27.1 Å². The number of piperazine rings is 1. The predicted octanol–water partition coefficient (Wildman–Crippen LogP) is 2.06. The first kappa shape index (κ1) is 13.9. The van der Waals surface area contributed by atoms with E-state index < -0.39 is 0 Å². The van der Waals surface area contributed by atoms with Gasteiger partial charge in [-0.05, 0) is 34.1 Å². The van der Waals surface area contributed by atoms with Crippen LogP contribution in [0, 0.1) is 0 Å². The lowest BCUT2D eigenvalue weighted by Gasteiger charge is -2.36. The summed E-state index contributed by atoms with van der Waals surface area (Å²) in [4.78, 5) is 27.7. The van der Waals surface area contributed by atoms with Crippen molar-refractivity contribution in [3.63, 3.8) is 0 Å². The quantitative estimate of drug-likeness (QED) is 0.781. The maximum absolute atomic E-state index is 12.6. The Labute approximate surface area is 133 Å². The Morgan fingerprint density at radius 2 is 2.10 bits per heavy atom. The molecular weight excluding hydrogens is 390 g/mol. The van der Waals surface area contributed by atoms with Gasteiger partial charge in [-0.3, -0.25) is 4.79 Å².